The molecule has 0 bridgehead atoms. The molecule has 1 aromatic heterocycles. The van der Waals surface area contributed by atoms with Gasteiger partial charge in [0.05, 0.1) is 11.0 Å². The van der Waals surface area contributed by atoms with Crippen molar-refractivity contribution in [2.45, 2.75) is 25.3 Å². The number of imidazole rings is 1. The van der Waals surface area contributed by atoms with E-state index in [0.717, 1.165) is 16.6 Å². The molecule has 1 saturated heterocycles. The molecule has 1 aliphatic heterocycles. The predicted molar refractivity (Wildman–Crippen MR) is 106 cm³/mol. The van der Waals surface area contributed by atoms with E-state index in [1.807, 2.05) is 18.2 Å². The number of hydrogen-bond donors (Lipinski definition) is 3. The fourth-order valence-electron chi connectivity index (χ4n) is 3.76. The van der Waals surface area contributed by atoms with Crippen LogP contribution in [0.3, 0.4) is 0 Å². The van der Waals surface area contributed by atoms with Crippen LogP contribution in [0.1, 0.15) is 30.0 Å². The van der Waals surface area contributed by atoms with E-state index in [4.69, 9.17) is 0 Å². The predicted octanol–water partition coefficient (Wildman–Crippen LogP) is 2.02. The number of H-pyrrole nitrogens is 2. The lowest BCUT2D eigenvalue weighted by Gasteiger charge is -2.35. The highest BCUT2D eigenvalue weighted by Crippen LogP contribution is 2.26. The van der Waals surface area contributed by atoms with Gasteiger partial charge in [-0.3, -0.25) is 9.59 Å². The maximum Gasteiger partial charge on any atom is 0.323 e. The second-order valence-corrected chi connectivity index (χ2v) is 7.11. The van der Waals surface area contributed by atoms with Crippen LogP contribution in [0.25, 0.3) is 11.0 Å². The minimum atomic E-state index is -0.946. The molecule has 150 valence electrons. The molecule has 1 unspecified atom stereocenters. The Kier molecular flexibility index (Phi) is 5.16. The van der Waals surface area contributed by atoms with Crippen LogP contribution in [0.5, 0.6) is 0 Å². The van der Waals surface area contributed by atoms with Crippen LogP contribution in [-0.2, 0) is 16.0 Å². The van der Waals surface area contributed by atoms with E-state index in [1.54, 1.807) is 12.1 Å². The number of nitrogens with one attached hydrogen (secondary N) is 3. The minimum absolute atomic E-state index is 0.177. The van der Waals surface area contributed by atoms with Crippen molar-refractivity contribution in [2.24, 2.45) is 0 Å². The molecular formula is C21H21FN4O3. The Morgan fingerprint density at radius 2 is 1.90 bits per heavy atom. The quantitative estimate of drug-likeness (QED) is 0.615. The average Bonchev–Trinajstić information content (AvgIpc) is 3.08. The number of rotatable bonds is 5. The number of aryl methyl sites for hydroxylation is 1. The first kappa shape index (κ1) is 18.9. The lowest BCUT2D eigenvalue weighted by atomic mass is 10.0. The number of benzene rings is 2. The van der Waals surface area contributed by atoms with Crippen molar-refractivity contribution in [1.82, 2.24) is 20.2 Å². The molecular weight excluding hydrogens is 375 g/mol. The maximum atomic E-state index is 14.2. The Hall–Kier alpha value is -3.42. The molecule has 0 saturated carbocycles. The van der Waals surface area contributed by atoms with E-state index in [0.29, 0.717) is 25.9 Å². The molecule has 0 aliphatic carbocycles. The summed E-state index contributed by atoms with van der Waals surface area (Å²) < 4.78 is 14.2. The van der Waals surface area contributed by atoms with Gasteiger partial charge in [0.2, 0.25) is 11.8 Å². The summed E-state index contributed by atoms with van der Waals surface area (Å²) in [6.45, 7) is 0.702. The first-order valence-corrected chi connectivity index (χ1v) is 9.55. The summed E-state index contributed by atoms with van der Waals surface area (Å²) in [5, 5.41) is 2.71. The highest BCUT2D eigenvalue weighted by atomic mass is 19.1. The molecule has 0 spiro atoms. The molecule has 3 N–H and O–H groups in total. The lowest BCUT2D eigenvalue weighted by molar-refractivity contribution is -0.143. The molecule has 1 fully saturated rings. The fraction of sp³-hybridized carbons (Fsp3) is 0.286. The fourth-order valence-corrected chi connectivity index (χ4v) is 3.76. The van der Waals surface area contributed by atoms with Crippen LogP contribution in [-0.4, -0.2) is 39.8 Å². The number of aromatic amines is 2. The molecule has 29 heavy (non-hydrogen) atoms. The molecule has 7 nitrogen and oxygen atoms in total. The zero-order valence-corrected chi connectivity index (χ0v) is 15.7. The summed E-state index contributed by atoms with van der Waals surface area (Å²) in [5.74, 6) is -1.04. The molecule has 2 heterocycles. The van der Waals surface area contributed by atoms with Crippen LogP contribution in [0.2, 0.25) is 0 Å². The second kappa shape index (κ2) is 7.90. The Bertz CT molecular complexity index is 1120. The molecule has 8 heteroatoms. The van der Waals surface area contributed by atoms with E-state index in [-0.39, 0.29) is 29.5 Å². The van der Waals surface area contributed by atoms with Crippen LogP contribution in [0.15, 0.2) is 47.3 Å². The lowest BCUT2D eigenvalue weighted by Crippen LogP contribution is -2.52. The van der Waals surface area contributed by atoms with Gasteiger partial charge in [0.1, 0.15) is 11.9 Å². The maximum absolute atomic E-state index is 14.2. The number of aromatic nitrogens is 2. The smallest absolute Gasteiger partial charge is 0.323 e. The topological polar surface area (TPSA) is 98.1 Å². The third-order valence-corrected chi connectivity index (χ3v) is 5.17. The highest BCUT2D eigenvalue weighted by molar-refractivity contribution is 5.89. The van der Waals surface area contributed by atoms with Gasteiger partial charge < -0.3 is 20.2 Å². The third kappa shape index (κ3) is 3.91. The van der Waals surface area contributed by atoms with Crippen molar-refractivity contribution < 1.29 is 14.0 Å². The summed E-state index contributed by atoms with van der Waals surface area (Å²) in [5.41, 5.74) is 2.42. The minimum Gasteiger partial charge on any atom is -0.352 e. The van der Waals surface area contributed by atoms with Crippen molar-refractivity contribution in [3.63, 3.8) is 0 Å². The molecule has 1 aliphatic rings. The van der Waals surface area contributed by atoms with Gasteiger partial charge in [0, 0.05) is 25.1 Å². The number of hydrogen-bond acceptors (Lipinski definition) is 3. The number of fused-ring (bicyclic) bond motifs is 1. The van der Waals surface area contributed by atoms with Gasteiger partial charge in [-0.15, -0.1) is 0 Å². The van der Waals surface area contributed by atoms with E-state index in [1.165, 1.54) is 17.0 Å². The number of amides is 2. The summed E-state index contributed by atoms with van der Waals surface area (Å²) in [7, 11) is 0. The van der Waals surface area contributed by atoms with Crippen LogP contribution >= 0.6 is 0 Å². The van der Waals surface area contributed by atoms with E-state index in [2.05, 4.69) is 15.3 Å². The van der Waals surface area contributed by atoms with Crippen molar-refractivity contribution in [2.75, 3.05) is 13.1 Å². The third-order valence-electron chi connectivity index (χ3n) is 5.17. The van der Waals surface area contributed by atoms with Gasteiger partial charge in [-0.2, -0.15) is 0 Å². The van der Waals surface area contributed by atoms with E-state index in [9.17, 15) is 18.8 Å². The van der Waals surface area contributed by atoms with Crippen LogP contribution in [0, 0.1) is 5.82 Å². The van der Waals surface area contributed by atoms with Gasteiger partial charge >= 0.3 is 5.69 Å². The Morgan fingerprint density at radius 3 is 2.72 bits per heavy atom. The first-order chi connectivity index (χ1) is 14.0. The number of halogens is 1. The standard InChI is InChI=1S/C21H21FN4O3/c22-15-6-2-1-5-14(15)19-20(28)23-10-11-26(19)18(27)7-3-4-13-8-9-16-17(12-13)25-21(29)24-16/h1-2,5-6,8-9,12,19H,3-4,7,10-11H2,(H,23,28)(H2,24,25,29). The molecule has 2 aromatic carbocycles. The van der Waals surface area contributed by atoms with Crippen molar-refractivity contribution in [3.8, 4) is 0 Å². The molecule has 1 atom stereocenters. The normalized spacial score (nSPS) is 16.8. The summed E-state index contributed by atoms with van der Waals surface area (Å²) in [6, 6.07) is 10.7. The zero-order chi connectivity index (χ0) is 20.4. The second-order valence-electron chi connectivity index (χ2n) is 7.11. The molecule has 0 radical (unpaired) electrons. The van der Waals surface area contributed by atoms with Gasteiger partial charge in [-0.1, -0.05) is 24.3 Å². The SMILES string of the molecule is O=C1NCCN(C(=O)CCCc2ccc3[nH]c(=O)[nH]c3c2)C1c1ccccc1F. The number of carbonyl (C=O) groups is 2. The van der Waals surface area contributed by atoms with Crippen molar-refractivity contribution in [1.29, 1.82) is 0 Å². The molecule has 3 aromatic rings. The van der Waals surface area contributed by atoms with Crippen LogP contribution < -0.4 is 11.0 Å². The van der Waals surface area contributed by atoms with Crippen molar-refractivity contribution >= 4 is 22.8 Å². The van der Waals surface area contributed by atoms with Crippen molar-refractivity contribution in [3.05, 3.63) is 69.9 Å². The Labute approximate surface area is 165 Å². The largest absolute Gasteiger partial charge is 0.352 e. The van der Waals surface area contributed by atoms with Gasteiger partial charge in [-0.05, 0) is 36.6 Å². The summed E-state index contributed by atoms with van der Waals surface area (Å²) >= 11 is 0. The Morgan fingerprint density at radius 1 is 1.10 bits per heavy atom. The first-order valence-electron chi connectivity index (χ1n) is 9.55. The zero-order valence-electron chi connectivity index (χ0n) is 15.7. The number of nitrogens with zero attached hydrogens (tertiary/aromatic N) is 1. The van der Waals surface area contributed by atoms with E-state index >= 15 is 0 Å². The molecule has 4 rings (SSSR count). The average molecular weight is 396 g/mol. The van der Waals surface area contributed by atoms with Crippen LogP contribution in [0.4, 0.5) is 4.39 Å². The van der Waals surface area contributed by atoms with Gasteiger partial charge in [0.25, 0.3) is 0 Å². The molecule has 2 amide bonds. The monoisotopic (exact) mass is 396 g/mol. The Balaban J connectivity index is 1.43. The number of carbonyl (C=O) groups excluding carboxylic acids is 2. The van der Waals surface area contributed by atoms with Gasteiger partial charge in [-0.25, -0.2) is 9.18 Å². The summed E-state index contributed by atoms with van der Waals surface area (Å²) in [4.78, 5) is 43.4. The highest BCUT2D eigenvalue weighted by Gasteiger charge is 2.35. The van der Waals surface area contributed by atoms with Gasteiger partial charge in [0.15, 0.2) is 0 Å². The summed E-state index contributed by atoms with van der Waals surface area (Å²) in [6.07, 6.45) is 1.49. The van der Waals surface area contributed by atoms with E-state index < -0.39 is 11.9 Å². The number of piperazine rings is 1.